The summed E-state index contributed by atoms with van der Waals surface area (Å²) in [5.74, 6) is -0.0920. The van der Waals surface area contributed by atoms with Gasteiger partial charge in [-0.2, -0.15) is 0 Å². The lowest BCUT2D eigenvalue weighted by atomic mass is 9.88. The minimum Gasteiger partial charge on any atom is -0.323 e. The van der Waals surface area contributed by atoms with Gasteiger partial charge in [0.05, 0.1) is 0 Å². The third-order valence-corrected chi connectivity index (χ3v) is 5.17. The maximum atomic E-state index is 13.4. The second-order valence-corrected chi connectivity index (χ2v) is 6.56. The quantitative estimate of drug-likeness (QED) is 0.819. The molecular formula is C19H17FN2S. The largest absolute Gasteiger partial charge is 0.323 e. The standard InChI is InChI=1S/C19H17FN2S/c20-16-9-7-15(8-10-16)18(14-5-2-1-3-6-14)17-13-23-19-21-11-4-12-22(17)19/h1-3,5-10,13,18H,4,11-12H2. The third kappa shape index (κ3) is 2.79. The molecule has 2 aromatic carbocycles. The summed E-state index contributed by atoms with van der Waals surface area (Å²) in [6.07, 6.45) is 1.08. The molecule has 2 nitrogen and oxygen atoms in total. The lowest BCUT2D eigenvalue weighted by Gasteiger charge is -2.30. The predicted molar refractivity (Wildman–Crippen MR) is 94.0 cm³/mol. The molecule has 0 N–H and O–H groups in total. The number of thioether (sulfide) groups is 1. The van der Waals surface area contributed by atoms with Gasteiger partial charge >= 0.3 is 0 Å². The number of benzene rings is 2. The number of aliphatic imine (C=N–C) groups is 1. The van der Waals surface area contributed by atoms with Crippen LogP contribution < -0.4 is 0 Å². The van der Waals surface area contributed by atoms with Crippen molar-refractivity contribution in [3.8, 4) is 0 Å². The van der Waals surface area contributed by atoms with Gasteiger partial charge in [-0.25, -0.2) is 4.39 Å². The maximum absolute atomic E-state index is 13.4. The van der Waals surface area contributed by atoms with Gasteiger partial charge in [0.2, 0.25) is 0 Å². The van der Waals surface area contributed by atoms with Gasteiger partial charge in [0, 0.05) is 24.7 Å². The van der Waals surface area contributed by atoms with E-state index in [0.29, 0.717) is 0 Å². The molecule has 2 aliphatic rings. The molecule has 0 spiro atoms. The molecule has 2 aromatic rings. The van der Waals surface area contributed by atoms with E-state index in [1.54, 1.807) is 23.9 Å². The monoisotopic (exact) mass is 324 g/mol. The number of hydrogen-bond acceptors (Lipinski definition) is 3. The molecule has 23 heavy (non-hydrogen) atoms. The van der Waals surface area contributed by atoms with Crippen molar-refractivity contribution in [3.05, 3.63) is 82.6 Å². The number of nitrogens with zero attached hydrogens (tertiary/aromatic N) is 2. The summed E-state index contributed by atoms with van der Waals surface area (Å²) in [5, 5.41) is 3.29. The third-order valence-electron chi connectivity index (χ3n) is 4.25. The number of halogens is 1. The Morgan fingerprint density at radius 3 is 2.52 bits per heavy atom. The van der Waals surface area contributed by atoms with Crippen LogP contribution in [0, 0.1) is 5.82 Å². The number of rotatable bonds is 3. The first kappa shape index (κ1) is 14.5. The smallest absolute Gasteiger partial charge is 0.167 e. The fourth-order valence-corrected chi connectivity index (χ4v) is 4.14. The molecule has 1 unspecified atom stereocenters. The van der Waals surface area contributed by atoms with Crippen LogP contribution in [-0.4, -0.2) is 23.2 Å². The molecule has 1 atom stereocenters. The van der Waals surface area contributed by atoms with Crippen LogP contribution in [0.25, 0.3) is 0 Å². The Bertz CT molecular complexity index is 753. The van der Waals surface area contributed by atoms with Gasteiger partial charge in [-0.05, 0) is 35.1 Å². The second kappa shape index (κ2) is 6.20. The zero-order valence-electron chi connectivity index (χ0n) is 12.7. The summed E-state index contributed by atoms with van der Waals surface area (Å²) in [6, 6.07) is 17.3. The summed E-state index contributed by atoms with van der Waals surface area (Å²) in [4.78, 5) is 6.93. The van der Waals surface area contributed by atoms with E-state index < -0.39 is 0 Å². The topological polar surface area (TPSA) is 15.6 Å². The van der Waals surface area contributed by atoms with Crippen molar-refractivity contribution in [2.45, 2.75) is 12.3 Å². The van der Waals surface area contributed by atoms with E-state index >= 15 is 0 Å². The van der Waals surface area contributed by atoms with Crippen molar-refractivity contribution in [1.29, 1.82) is 0 Å². The lowest BCUT2D eigenvalue weighted by Crippen LogP contribution is -2.32. The lowest BCUT2D eigenvalue weighted by molar-refractivity contribution is 0.465. The highest BCUT2D eigenvalue weighted by Gasteiger charge is 2.31. The maximum Gasteiger partial charge on any atom is 0.167 e. The summed E-state index contributed by atoms with van der Waals surface area (Å²) < 4.78 is 13.4. The number of amidine groups is 1. The van der Waals surface area contributed by atoms with Gasteiger partial charge < -0.3 is 4.90 Å². The Labute approximate surface area is 139 Å². The molecule has 0 fully saturated rings. The van der Waals surface area contributed by atoms with Crippen LogP contribution in [-0.2, 0) is 0 Å². The Balaban J connectivity index is 1.78. The van der Waals surface area contributed by atoms with E-state index in [-0.39, 0.29) is 11.7 Å². The molecule has 116 valence electrons. The molecule has 2 heterocycles. The molecule has 0 bridgehead atoms. The van der Waals surface area contributed by atoms with Crippen LogP contribution in [0.15, 0.2) is 70.7 Å². The van der Waals surface area contributed by atoms with Gasteiger partial charge in [0.1, 0.15) is 5.82 Å². The van der Waals surface area contributed by atoms with Gasteiger partial charge in [-0.1, -0.05) is 54.2 Å². The first-order valence-electron chi connectivity index (χ1n) is 7.82. The van der Waals surface area contributed by atoms with Crippen LogP contribution in [0.3, 0.4) is 0 Å². The highest BCUT2D eigenvalue weighted by atomic mass is 32.2. The van der Waals surface area contributed by atoms with E-state index in [1.165, 1.54) is 11.3 Å². The minimum atomic E-state index is -0.199. The van der Waals surface area contributed by atoms with Crippen molar-refractivity contribution >= 4 is 16.9 Å². The summed E-state index contributed by atoms with van der Waals surface area (Å²) in [5.41, 5.74) is 3.57. The molecule has 0 radical (unpaired) electrons. The molecule has 2 aliphatic heterocycles. The Morgan fingerprint density at radius 2 is 1.74 bits per heavy atom. The van der Waals surface area contributed by atoms with Crippen molar-refractivity contribution in [2.24, 2.45) is 4.99 Å². The molecule has 0 saturated heterocycles. The predicted octanol–water partition coefficient (Wildman–Crippen LogP) is 4.61. The molecule has 4 heteroatoms. The van der Waals surface area contributed by atoms with Crippen molar-refractivity contribution < 1.29 is 4.39 Å². The summed E-state index contributed by atoms with van der Waals surface area (Å²) in [7, 11) is 0. The van der Waals surface area contributed by atoms with Gasteiger partial charge in [-0.15, -0.1) is 0 Å². The van der Waals surface area contributed by atoms with Crippen molar-refractivity contribution in [1.82, 2.24) is 4.90 Å². The Hall–Kier alpha value is -2.07. The number of hydrogen-bond donors (Lipinski definition) is 0. The van der Waals surface area contributed by atoms with E-state index in [9.17, 15) is 4.39 Å². The van der Waals surface area contributed by atoms with Crippen molar-refractivity contribution in [3.63, 3.8) is 0 Å². The second-order valence-electron chi connectivity index (χ2n) is 5.73. The van der Waals surface area contributed by atoms with E-state index in [4.69, 9.17) is 0 Å². The van der Waals surface area contributed by atoms with Crippen LogP contribution in [0.4, 0.5) is 4.39 Å². The van der Waals surface area contributed by atoms with E-state index in [1.807, 2.05) is 18.2 Å². The van der Waals surface area contributed by atoms with E-state index in [2.05, 4.69) is 39.6 Å². The van der Waals surface area contributed by atoms with E-state index in [0.717, 1.165) is 30.2 Å². The molecule has 0 aromatic heterocycles. The van der Waals surface area contributed by atoms with Crippen LogP contribution >= 0.6 is 11.8 Å². The highest BCUT2D eigenvalue weighted by molar-refractivity contribution is 8.16. The van der Waals surface area contributed by atoms with Gasteiger partial charge in [0.15, 0.2) is 5.17 Å². The fourth-order valence-electron chi connectivity index (χ4n) is 3.16. The van der Waals surface area contributed by atoms with Gasteiger partial charge in [-0.3, -0.25) is 4.99 Å². The SMILES string of the molecule is Fc1ccc(C(C2=CSC3=NCCCN23)c2ccccc2)cc1. The summed E-state index contributed by atoms with van der Waals surface area (Å²) >= 11 is 1.70. The molecule has 0 amide bonds. The van der Waals surface area contributed by atoms with Gasteiger partial charge in [0.25, 0.3) is 0 Å². The fraction of sp³-hybridized carbons (Fsp3) is 0.211. The van der Waals surface area contributed by atoms with Crippen molar-refractivity contribution in [2.75, 3.05) is 13.1 Å². The summed E-state index contributed by atoms with van der Waals surface area (Å²) in [6.45, 7) is 1.91. The molecule has 0 saturated carbocycles. The Morgan fingerprint density at radius 1 is 1.00 bits per heavy atom. The normalized spacial score (nSPS) is 18.2. The molecular weight excluding hydrogens is 307 g/mol. The average Bonchev–Trinajstić information content (AvgIpc) is 3.02. The highest BCUT2D eigenvalue weighted by Crippen LogP contribution is 2.41. The first-order chi connectivity index (χ1) is 11.3. The van der Waals surface area contributed by atoms with Crippen LogP contribution in [0.1, 0.15) is 23.5 Å². The van der Waals surface area contributed by atoms with Crippen LogP contribution in [0.2, 0.25) is 0 Å². The zero-order valence-corrected chi connectivity index (χ0v) is 13.5. The Kier molecular flexibility index (Phi) is 3.92. The number of allylic oxidation sites excluding steroid dienone is 1. The first-order valence-corrected chi connectivity index (χ1v) is 8.70. The zero-order chi connectivity index (χ0) is 15.6. The number of fused-ring (bicyclic) bond motifs is 1. The molecule has 4 rings (SSSR count). The molecule has 0 aliphatic carbocycles. The van der Waals surface area contributed by atoms with Crippen LogP contribution in [0.5, 0.6) is 0 Å². The minimum absolute atomic E-state index is 0.107. The average molecular weight is 324 g/mol.